The van der Waals surface area contributed by atoms with Gasteiger partial charge in [0.2, 0.25) is 0 Å². The molecule has 0 N–H and O–H groups in total. The average molecular weight is 276 g/mol. The largest absolute Gasteiger partial charge is 0.388 e. The zero-order valence-electron chi connectivity index (χ0n) is 14.4. The fourth-order valence-electron chi connectivity index (χ4n) is 0. The van der Waals surface area contributed by atoms with E-state index in [1.165, 1.54) is 0 Å². The molecule has 0 saturated heterocycles. The first-order valence-electron chi connectivity index (χ1n) is 4.90. The molecule has 0 atom stereocenters. The van der Waals surface area contributed by atoms with Gasteiger partial charge in [-0.1, -0.05) is 0 Å². The van der Waals surface area contributed by atoms with Gasteiger partial charge in [0.15, 0.2) is 0 Å². The van der Waals surface area contributed by atoms with Gasteiger partial charge in [0.1, 0.15) is 0 Å². The van der Waals surface area contributed by atoms with Crippen molar-refractivity contribution in [2.24, 2.45) is 0 Å². The molecule has 0 rings (SSSR count). The van der Waals surface area contributed by atoms with E-state index in [0.717, 1.165) is 0 Å². The van der Waals surface area contributed by atoms with E-state index in [4.69, 9.17) is 0 Å². The molecule has 0 aromatic rings. The second-order valence-corrected chi connectivity index (χ2v) is 2.45. The number of ether oxygens (including phenoxy) is 6. The number of rotatable bonds is 0. The Morgan fingerprint density at radius 1 is 0.222 bits per heavy atom. The standard InChI is InChI=1S/6C2H6O/c6*1-3-2/h6*1-2H3. The monoisotopic (exact) mass is 276 g/mol. The SMILES string of the molecule is COC.COC.COC.COC.COC.COC. The van der Waals surface area contributed by atoms with E-state index in [1.54, 1.807) is 85.3 Å². The molecule has 0 unspecified atom stereocenters. The van der Waals surface area contributed by atoms with Crippen molar-refractivity contribution >= 4 is 0 Å². The van der Waals surface area contributed by atoms with E-state index in [-0.39, 0.29) is 0 Å². The quantitative estimate of drug-likeness (QED) is 0.669. The van der Waals surface area contributed by atoms with Crippen LogP contribution in [0.2, 0.25) is 0 Å². The van der Waals surface area contributed by atoms with Gasteiger partial charge in [0.25, 0.3) is 0 Å². The van der Waals surface area contributed by atoms with Gasteiger partial charge in [-0.3, -0.25) is 0 Å². The van der Waals surface area contributed by atoms with Crippen LogP contribution in [0.3, 0.4) is 0 Å². The van der Waals surface area contributed by atoms with Gasteiger partial charge in [-0.15, -0.1) is 0 Å². The maximum atomic E-state index is 4.25. The van der Waals surface area contributed by atoms with Crippen molar-refractivity contribution in [1.82, 2.24) is 0 Å². The summed E-state index contributed by atoms with van der Waals surface area (Å²) in [7, 11) is 19.5. The molecule has 0 heterocycles. The molecule has 6 heteroatoms. The Balaban J connectivity index is -0.0000000240. The van der Waals surface area contributed by atoms with Crippen molar-refractivity contribution in [3.05, 3.63) is 0 Å². The van der Waals surface area contributed by atoms with Gasteiger partial charge in [-0.05, 0) is 0 Å². The van der Waals surface area contributed by atoms with Crippen molar-refractivity contribution < 1.29 is 28.4 Å². The van der Waals surface area contributed by atoms with Crippen LogP contribution in [0.4, 0.5) is 0 Å². The number of hydrogen-bond acceptors (Lipinski definition) is 6. The van der Waals surface area contributed by atoms with Crippen molar-refractivity contribution in [2.45, 2.75) is 0 Å². The molecule has 0 spiro atoms. The van der Waals surface area contributed by atoms with Crippen LogP contribution in [0.25, 0.3) is 0 Å². The minimum absolute atomic E-state index is 1.62. The molecule has 0 fully saturated rings. The van der Waals surface area contributed by atoms with E-state index in [0.29, 0.717) is 0 Å². The zero-order valence-corrected chi connectivity index (χ0v) is 14.4. The molecule has 18 heavy (non-hydrogen) atoms. The number of methoxy groups -OCH3 is 6. The molecular weight excluding hydrogens is 240 g/mol. The van der Waals surface area contributed by atoms with Gasteiger partial charge >= 0.3 is 0 Å². The molecule has 0 bridgehead atoms. The normalized spacial score (nSPS) is 6.00. The van der Waals surface area contributed by atoms with Crippen LogP contribution >= 0.6 is 0 Å². The molecule has 0 radical (unpaired) electrons. The van der Waals surface area contributed by atoms with Crippen LogP contribution < -0.4 is 0 Å². The minimum atomic E-state index is 1.62. The molecule has 0 amide bonds. The number of hydrogen-bond donors (Lipinski definition) is 0. The summed E-state index contributed by atoms with van der Waals surface area (Å²) in [5.74, 6) is 0. The van der Waals surface area contributed by atoms with Crippen LogP contribution in [0.1, 0.15) is 0 Å². The summed E-state index contributed by atoms with van der Waals surface area (Å²) in [6.45, 7) is 0. The zero-order chi connectivity index (χ0) is 16.2. The van der Waals surface area contributed by atoms with Crippen LogP contribution in [-0.2, 0) is 28.4 Å². The molecule has 0 aromatic carbocycles. The predicted molar refractivity (Wildman–Crippen MR) is 77.6 cm³/mol. The molecule has 120 valence electrons. The lowest BCUT2D eigenvalue weighted by Gasteiger charge is -1.61. The molecule has 0 aliphatic carbocycles. The summed E-state index contributed by atoms with van der Waals surface area (Å²) in [6, 6.07) is 0. The summed E-state index contributed by atoms with van der Waals surface area (Å²) in [6.07, 6.45) is 0. The Morgan fingerprint density at radius 2 is 0.222 bits per heavy atom. The maximum Gasteiger partial charge on any atom is 0.0351 e. The molecule has 6 nitrogen and oxygen atoms in total. The smallest absolute Gasteiger partial charge is 0.0351 e. The Labute approximate surface area is 114 Å². The molecule has 0 saturated carbocycles. The van der Waals surface area contributed by atoms with Crippen LogP contribution in [0.5, 0.6) is 0 Å². The Morgan fingerprint density at radius 3 is 0.222 bits per heavy atom. The van der Waals surface area contributed by atoms with E-state index >= 15 is 0 Å². The first-order valence-corrected chi connectivity index (χ1v) is 4.90. The van der Waals surface area contributed by atoms with Gasteiger partial charge in [0, 0.05) is 85.3 Å². The summed E-state index contributed by atoms with van der Waals surface area (Å²) in [4.78, 5) is 0. The third-order valence-electron chi connectivity index (χ3n) is 0. The predicted octanol–water partition coefficient (Wildman–Crippen LogP) is 1.58. The third-order valence-corrected chi connectivity index (χ3v) is 0. The maximum absolute atomic E-state index is 4.25. The highest BCUT2D eigenvalue weighted by Gasteiger charge is 1.27. The second-order valence-electron chi connectivity index (χ2n) is 2.45. The van der Waals surface area contributed by atoms with E-state index in [1.807, 2.05) is 0 Å². The van der Waals surface area contributed by atoms with E-state index in [2.05, 4.69) is 28.4 Å². The molecule has 0 aromatic heterocycles. The second kappa shape index (κ2) is 125. The Hall–Kier alpha value is -0.240. The lowest BCUT2D eigenvalue weighted by atomic mass is 11.6. The highest BCUT2D eigenvalue weighted by molar-refractivity contribution is 3.58. The summed E-state index contributed by atoms with van der Waals surface area (Å²) < 4.78 is 25.5. The van der Waals surface area contributed by atoms with Crippen molar-refractivity contribution in [2.75, 3.05) is 85.3 Å². The lowest BCUT2D eigenvalue weighted by Crippen LogP contribution is -1.55. The minimum Gasteiger partial charge on any atom is -0.388 e. The topological polar surface area (TPSA) is 55.4 Å². The van der Waals surface area contributed by atoms with Crippen LogP contribution in [-0.4, -0.2) is 85.3 Å². The lowest BCUT2D eigenvalue weighted by molar-refractivity contribution is 0.277. The third kappa shape index (κ3) is 59600. The van der Waals surface area contributed by atoms with E-state index < -0.39 is 0 Å². The average Bonchev–Trinajstić information content (AvgIpc) is 2.23. The van der Waals surface area contributed by atoms with Crippen LogP contribution in [0, 0.1) is 0 Å². The summed E-state index contributed by atoms with van der Waals surface area (Å²) in [5.41, 5.74) is 0. The van der Waals surface area contributed by atoms with Crippen molar-refractivity contribution in [3.63, 3.8) is 0 Å². The van der Waals surface area contributed by atoms with Crippen LogP contribution in [0.15, 0.2) is 0 Å². The van der Waals surface area contributed by atoms with Crippen molar-refractivity contribution in [3.8, 4) is 0 Å². The highest BCUT2D eigenvalue weighted by atomic mass is 16.5. The molecule has 0 aliphatic rings. The van der Waals surface area contributed by atoms with Gasteiger partial charge in [-0.25, -0.2) is 0 Å². The van der Waals surface area contributed by atoms with Gasteiger partial charge < -0.3 is 28.4 Å². The fraction of sp³-hybridized carbons (Fsp3) is 1.00. The van der Waals surface area contributed by atoms with Gasteiger partial charge in [-0.2, -0.15) is 0 Å². The van der Waals surface area contributed by atoms with Gasteiger partial charge in [0.05, 0.1) is 0 Å². The summed E-state index contributed by atoms with van der Waals surface area (Å²) >= 11 is 0. The molecule has 0 aliphatic heterocycles. The Kier molecular flexibility index (Phi) is 251. The van der Waals surface area contributed by atoms with E-state index in [9.17, 15) is 0 Å². The first kappa shape index (κ1) is 36.1. The molecular formula is C12H36O6. The Bertz CT molecular complexity index is 32.0. The highest BCUT2D eigenvalue weighted by Crippen LogP contribution is 1.29. The van der Waals surface area contributed by atoms with Crippen molar-refractivity contribution in [1.29, 1.82) is 0 Å². The first-order chi connectivity index (χ1) is 8.49. The summed E-state index contributed by atoms with van der Waals surface area (Å²) in [5, 5.41) is 0. The fourth-order valence-corrected chi connectivity index (χ4v) is 0.